The van der Waals surface area contributed by atoms with Gasteiger partial charge in [0.2, 0.25) is 0 Å². The summed E-state index contributed by atoms with van der Waals surface area (Å²) in [5.41, 5.74) is 0. The van der Waals surface area contributed by atoms with Crippen molar-refractivity contribution in [3.05, 3.63) is 24.3 Å². The number of rotatable bonds is 12. The number of hydrogen-bond acceptors (Lipinski definition) is 6. The van der Waals surface area contributed by atoms with E-state index in [1.807, 2.05) is 19.1 Å². The Labute approximate surface area is 175 Å². The minimum absolute atomic E-state index is 0.167. The summed E-state index contributed by atoms with van der Waals surface area (Å²) >= 11 is 0. The molecule has 1 aliphatic carbocycles. The number of aliphatic hydroxyl groups excluding tert-OH is 1. The molecule has 0 bridgehead atoms. The van der Waals surface area contributed by atoms with Crippen molar-refractivity contribution in [2.24, 2.45) is 17.8 Å². The summed E-state index contributed by atoms with van der Waals surface area (Å²) in [7, 11) is 3.07. The first-order valence-corrected chi connectivity index (χ1v) is 10.9. The van der Waals surface area contributed by atoms with Crippen LogP contribution in [0.5, 0.6) is 0 Å². The fraction of sp³-hybridized carbons (Fsp3) is 0.783. The largest absolute Gasteiger partial charge is 0.466 e. The third-order valence-corrected chi connectivity index (χ3v) is 6.19. The van der Waals surface area contributed by atoms with Crippen LogP contribution in [0, 0.1) is 17.8 Å². The molecule has 2 unspecified atom stereocenters. The molecule has 2 rings (SSSR count). The molecule has 2 fully saturated rings. The van der Waals surface area contributed by atoms with Crippen molar-refractivity contribution in [3.8, 4) is 0 Å². The van der Waals surface area contributed by atoms with E-state index in [1.54, 1.807) is 7.11 Å². The van der Waals surface area contributed by atoms with Gasteiger partial charge in [-0.1, -0.05) is 31.6 Å². The molecule has 29 heavy (non-hydrogen) atoms. The van der Waals surface area contributed by atoms with Gasteiger partial charge < -0.3 is 24.1 Å². The summed E-state index contributed by atoms with van der Waals surface area (Å²) in [4.78, 5) is 11.1. The zero-order valence-corrected chi connectivity index (χ0v) is 18.2. The number of carbonyl (C=O) groups excluding carboxylic acids is 1. The SMILES string of the molecule is COCCC(C)C(O)/C=C/[C@H]1CCC2(OCCO2)[C@@H]1CCCC/C=C/C(=O)OC. The highest BCUT2D eigenvalue weighted by Gasteiger charge is 2.51. The van der Waals surface area contributed by atoms with Gasteiger partial charge in [-0.15, -0.1) is 0 Å². The number of hydrogen-bond donors (Lipinski definition) is 1. The first kappa shape index (κ1) is 24.1. The van der Waals surface area contributed by atoms with Gasteiger partial charge in [0.25, 0.3) is 0 Å². The van der Waals surface area contributed by atoms with Crippen LogP contribution in [0.15, 0.2) is 24.3 Å². The van der Waals surface area contributed by atoms with Gasteiger partial charge in [0.1, 0.15) is 0 Å². The van der Waals surface area contributed by atoms with Crippen molar-refractivity contribution in [1.82, 2.24) is 0 Å². The summed E-state index contributed by atoms with van der Waals surface area (Å²) in [5, 5.41) is 10.4. The van der Waals surface area contributed by atoms with Crippen LogP contribution in [0.3, 0.4) is 0 Å². The van der Waals surface area contributed by atoms with Crippen LogP contribution in [0.25, 0.3) is 0 Å². The maximum absolute atomic E-state index is 11.1. The molecule has 6 nitrogen and oxygen atoms in total. The second kappa shape index (κ2) is 12.5. The molecule has 1 saturated carbocycles. The lowest BCUT2D eigenvalue weighted by molar-refractivity contribution is -0.186. The van der Waals surface area contributed by atoms with E-state index in [4.69, 9.17) is 14.2 Å². The van der Waals surface area contributed by atoms with Crippen LogP contribution in [0.4, 0.5) is 0 Å². The maximum Gasteiger partial charge on any atom is 0.330 e. The number of aliphatic hydroxyl groups is 1. The molecule has 2 aliphatic rings. The molecular formula is C23H38O6. The van der Waals surface area contributed by atoms with Crippen molar-refractivity contribution < 1.29 is 28.8 Å². The van der Waals surface area contributed by atoms with E-state index in [0.29, 0.717) is 31.7 Å². The summed E-state index contributed by atoms with van der Waals surface area (Å²) in [6.45, 7) is 4.02. The number of carbonyl (C=O) groups is 1. The molecule has 1 N–H and O–H groups in total. The van der Waals surface area contributed by atoms with Gasteiger partial charge in [-0.05, 0) is 43.9 Å². The zero-order chi connectivity index (χ0) is 21.1. The molecule has 4 atom stereocenters. The van der Waals surface area contributed by atoms with Crippen LogP contribution in [0.1, 0.15) is 51.9 Å². The van der Waals surface area contributed by atoms with Crippen LogP contribution >= 0.6 is 0 Å². The maximum atomic E-state index is 11.1. The molecule has 1 saturated heterocycles. The second-order valence-corrected chi connectivity index (χ2v) is 8.16. The Morgan fingerprint density at radius 2 is 2.03 bits per heavy atom. The number of esters is 1. The van der Waals surface area contributed by atoms with Crippen molar-refractivity contribution in [1.29, 1.82) is 0 Å². The average Bonchev–Trinajstić information content (AvgIpc) is 3.34. The van der Waals surface area contributed by atoms with E-state index in [1.165, 1.54) is 13.2 Å². The van der Waals surface area contributed by atoms with Crippen molar-refractivity contribution >= 4 is 5.97 Å². The predicted molar refractivity (Wildman–Crippen MR) is 111 cm³/mol. The van der Waals surface area contributed by atoms with E-state index in [9.17, 15) is 9.90 Å². The molecule has 166 valence electrons. The lowest BCUT2D eigenvalue weighted by Crippen LogP contribution is -2.36. The Hall–Kier alpha value is -1.21. The Kier molecular flexibility index (Phi) is 10.4. The molecule has 0 radical (unpaired) electrons. The second-order valence-electron chi connectivity index (χ2n) is 8.16. The van der Waals surface area contributed by atoms with Gasteiger partial charge in [0.05, 0.1) is 26.4 Å². The quantitative estimate of drug-likeness (QED) is 0.229. The molecule has 6 heteroatoms. The van der Waals surface area contributed by atoms with Gasteiger partial charge in [-0.3, -0.25) is 0 Å². The van der Waals surface area contributed by atoms with Crippen molar-refractivity contribution in [2.75, 3.05) is 34.0 Å². The Bertz CT molecular complexity index is 537. The average molecular weight is 411 g/mol. The summed E-state index contributed by atoms with van der Waals surface area (Å²) in [6, 6.07) is 0. The monoisotopic (exact) mass is 410 g/mol. The molecule has 1 heterocycles. The van der Waals surface area contributed by atoms with E-state index in [2.05, 4.69) is 10.8 Å². The molecular weight excluding hydrogens is 372 g/mol. The van der Waals surface area contributed by atoms with Gasteiger partial charge in [0, 0.05) is 32.1 Å². The first-order valence-electron chi connectivity index (χ1n) is 10.9. The van der Waals surface area contributed by atoms with Gasteiger partial charge in [-0.2, -0.15) is 0 Å². The summed E-state index contributed by atoms with van der Waals surface area (Å²) in [6.07, 6.45) is 13.7. The van der Waals surface area contributed by atoms with E-state index in [0.717, 1.165) is 44.9 Å². The molecule has 0 aromatic carbocycles. The smallest absolute Gasteiger partial charge is 0.330 e. The van der Waals surface area contributed by atoms with E-state index in [-0.39, 0.29) is 11.9 Å². The van der Waals surface area contributed by atoms with Gasteiger partial charge in [0.15, 0.2) is 5.79 Å². The van der Waals surface area contributed by atoms with Crippen LogP contribution in [-0.4, -0.2) is 57.0 Å². The summed E-state index contributed by atoms with van der Waals surface area (Å²) < 4.78 is 21.9. The standard InChI is InChI=1S/C23H38O6/c1-18(13-15-26-2)21(24)11-10-19-12-14-23(28-16-17-29-23)20(19)8-6-4-5-7-9-22(25)27-3/h7,9-11,18-21,24H,4-6,8,12-17H2,1-3H3/b9-7+,11-10+/t18?,19-,20+,21?/m0/s1. The molecule has 1 spiro atoms. The molecule has 1 aliphatic heterocycles. The Morgan fingerprint density at radius 3 is 2.72 bits per heavy atom. The lowest BCUT2D eigenvalue weighted by Gasteiger charge is -2.31. The van der Waals surface area contributed by atoms with E-state index >= 15 is 0 Å². The fourth-order valence-corrected chi connectivity index (χ4v) is 4.37. The van der Waals surface area contributed by atoms with Crippen LogP contribution in [0.2, 0.25) is 0 Å². The van der Waals surface area contributed by atoms with E-state index < -0.39 is 11.9 Å². The lowest BCUT2D eigenvalue weighted by atomic mass is 9.86. The van der Waals surface area contributed by atoms with Crippen LogP contribution in [-0.2, 0) is 23.7 Å². The highest BCUT2D eigenvalue weighted by atomic mass is 16.7. The van der Waals surface area contributed by atoms with Crippen LogP contribution < -0.4 is 0 Å². The number of methoxy groups -OCH3 is 2. The first-order chi connectivity index (χ1) is 14.0. The topological polar surface area (TPSA) is 74.2 Å². The minimum atomic E-state index is -0.462. The minimum Gasteiger partial charge on any atom is -0.466 e. The Morgan fingerprint density at radius 1 is 1.28 bits per heavy atom. The highest BCUT2D eigenvalue weighted by Crippen LogP contribution is 2.48. The molecule has 0 amide bonds. The Balaban J connectivity index is 1.88. The normalized spacial score (nSPS) is 25.9. The number of allylic oxidation sites excluding steroid dienone is 2. The van der Waals surface area contributed by atoms with Gasteiger partial charge in [-0.25, -0.2) is 4.79 Å². The molecule has 0 aromatic rings. The van der Waals surface area contributed by atoms with Crippen molar-refractivity contribution in [2.45, 2.75) is 63.8 Å². The zero-order valence-electron chi connectivity index (χ0n) is 18.2. The highest BCUT2D eigenvalue weighted by molar-refractivity contribution is 5.81. The number of ether oxygens (including phenoxy) is 4. The fourth-order valence-electron chi connectivity index (χ4n) is 4.37. The predicted octanol–water partition coefficient (Wildman–Crippen LogP) is 3.64. The molecule has 0 aromatic heterocycles. The third kappa shape index (κ3) is 7.21. The summed E-state index contributed by atoms with van der Waals surface area (Å²) in [5.74, 6) is 0.0515. The van der Waals surface area contributed by atoms with Gasteiger partial charge >= 0.3 is 5.97 Å². The number of unbranched alkanes of at least 4 members (excludes halogenated alkanes) is 2. The van der Waals surface area contributed by atoms with Crippen molar-refractivity contribution in [3.63, 3.8) is 0 Å². The third-order valence-electron chi connectivity index (χ3n) is 6.19.